The third-order valence-corrected chi connectivity index (χ3v) is 4.73. The molecule has 27 heavy (non-hydrogen) atoms. The lowest BCUT2D eigenvalue weighted by Crippen LogP contribution is -2.37. The van der Waals surface area contributed by atoms with Crippen LogP contribution < -0.4 is 10.6 Å². The zero-order valence-electron chi connectivity index (χ0n) is 16.5. The molecule has 2 rings (SSSR count). The molecule has 0 bridgehead atoms. The number of hydrogen-bond acceptors (Lipinski definition) is 3. The van der Waals surface area contributed by atoms with Crippen molar-refractivity contribution in [3.05, 3.63) is 64.4 Å². The van der Waals surface area contributed by atoms with Gasteiger partial charge in [-0.15, -0.1) is 0 Å². The SMILES string of the molecule is CCN(CC)Cc1ccc(CNC(=NC)NCCc2ccc(Cl)nc2)cc1. The number of hydrogen-bond donors (Lipinski definition) is 2. The van der Waals surface area contributed by atoms with Crippen molar-refractivity contribution in [2.75, 3.05) is 26.7 Å². The van der Waals surface area contributed by atoms with Gasteiger partial charge in [0.1, 0.15) is 5.15 Å². The number of nitrogens with one attached hydrogen (secondary N) is 2. The molecule has 6 heteroatoms. The Morgan fingerprint density at radius 3 is 2.26 bits per heavy atom. The molecule has 0 fully saturated rings. The van der Waals surface area contributed by atoms with E-state index in [0.29, 0.717) is 5.15 Å². The molecule has 0 radical (unpaired) electrons. The molecular formula is C21H30ClN5. The highest BCUT2D eigenvalue weighted by atomic mass is 35.5. The van der Waals surface area contributed by atoms with Crippen LogP contribution in [0.3, 0.4) is 0 Å². The molecule has 2 N–H and O–H groups in total. The van der Waals surface area contributed by atoms with E-state index in [1.54, 1.807) is 13.2 Å². The van der Waals surface area contributed by atoms with E-state index < -0.39 is 0 Å². The van der Waals surface area contributed by atoms with Gasteiger partial charge >= 0.3 is 0 Å². The molecule has 0 unspecified atom stereocenters. The van der Waals surface area contributed by atoms with E-state index in [2.05, 4.69) is 63.6 Å². The first-order valence-corrected chi connectivity index (χ1v) is 9.87. The lowest BCUT2D eigenvalue weighted by molar-refractivity contribution is 0.296. The van der Waals surface area contributed by atoms with Crippen molar-refractivity contribution in [2.45, 2.75) is 33.4 Å². The maximum Gasteiger partial charge on any atom is 0.191 e. The van der Waals surface area contributed by atoms with Gasteiger partial charge in [-0.05, 0) is 42.3 Å². The minimum atomic E-state index is 0.521. The number of aromatic nitrogens is 1. The number of guanidine groups is 1. The Kier molecular flexibility index (Phi) is 9.08. The van der Waals surface area contributed by atoms with Crippen LogP contribution >= 0.6 is 11.6 Å². The fraction of sp³-hybridized carbons (Fsp3) is 0.429. The molecule has 0 spiro atoms. The zero-order chi connectivity index (χ0) is 19.5. The van der Waals surface area contributed by atoms with Gasteiger partial charge in [0.05, 0.1) is 0 Å². The Balaban J connectivity index is 1.75. The highest BCUT2D eigenvalue weighted by Crippen LogP contribution is 2.08. The second-order valence-corrected chi connectivity index (χ2v) is 6.76. The number of nitrogens with zero attached hydrogens (tertiary/aromatic N) is 3. The fourth-order valence-corrected chi connectivity index (χ4v) is 2.87. The molecule has 0 saturated heterocycles. The van der Waals surface area contributed by atoms with Crippen molar-refractivity contribution in [2.24, 2.45) is 4.99 Å². The van der Waals surface area contributed by atoms with Gasteiger partial charge in [-0.2, -0.15) is 0 Å². The fourth-order valence-electron chi connectivity index (χ4n) is 2.75. The lowest BCUT2D eigenvalue weighted by Gasteiger charge is -2.18. The molecule has 0 amide bonds. The molecule has 1 aromatic carbocycles. The lowest BCUT2D eigenvalue weighted by atomic mass is 10.1. The van der Waals surface area contributed by atoms with Crippen molar-refractivity contribution < 1.29 is 0 Å². The van der Waals surface area contributed by atoms with E-state index >= 15 is 0 Å². The van der Waals surface area contributed by atoms with Crippen LogP contribution in [0.25, 0.3) is 0 Å². The second-order valence-electron chi connectivity index (χ2n) is 6.37. The van der Waals surface area contributed by atoms with Crippen molar-refractivity contribution in [1.82, 2.24) is 20.5 Å². The van der Waals surface area contributed by atoms with Crippen LogP contribution in [-0.4, -0.2) is 42.5 Å². The Morgan fingerprint density at radius 1 is 1.00 bits per heavy atom. The molecule has 1 heterocycles. The summed E-state index contributed by atoms with van der Waals surface area (Å²) in [6.07, 6.45) is 2.67. The molecule has 0 atom stereocenters. The van der Waals surface area contributed by atoms with Crippen molar-refractivity contribution in [1.29, 1.82) is 0 Å². The molecule has 1 aromatic heterocycles. The number of aliphatic imine (C=N–C) groups is 1. The average Bonchev–Trinajstić information content (AvgIpc) is 2.71. The summed E-state index contributed by atoms with van der Waals surface area (Å²) in [6.45, 7) is 9.08. The first-order chi connectivity index (χ1) is 13.1. The zero-order valence-corrected chi connectivity index (χ0v) is 17.3. The van der Waals surface area contributed by atoms with Crippen LogP contribution in [0.5, 0.6) is 0 Å². The van der Waals surface area contributed by atoms with Crippen molar-refractivity contribution in [3.63, 3.8) is 0 Å². The monoisotopic (exact) mass is 387 g/mol. The van der Waals surface area contributed by atoms with E-state index in [0.717, 1.165) is 50.7 Å². The predicted octanol–water partition coefficient (Wildman–Crippen LogP) is 3.48. The summed E-state index contributed by atoms with van der Waals surface area (Å²) in [6, 6.07) is 12.6. The minimum Gasteiger partial charge on any atom is -0.356 e. The second kappa shape index (κ2) is 11.6. The van der Waals surface area contributed by atoms with Gasteiger partial charge in [0, 0.05) is 32.9 Å². The van der Waals surface area contributed by atoms with Crippen molar-refractivity contribution in [3.8, 4) is 0 Å². The maximum atomic E-state index is 5.81. The van der Waals surface area contributed by atoms with E-state index in [4.69, 9.17) is 11.6 Å². The Labute approximate surface area is 167 Å². The van der Waals surface area contributed by atoms with Gasteiger partial charge in [0.2, 0.25) is 0 Å². The standard InChI is InChI=1S/C21H30ClN5/c1-4-27(5-2)16-19-8-6-17(7-9-19)15-26-21(23-3)24-13-12-18-10-11-20(22)25-14-18/h6-11,14H,4-5,12-13,15-16H2,1-3H3,(H2,23,24,26). The van der Waals surface area contributed by atoms with Gasteiger partial charge in [-0.3, -0.25) is 9.89 Å². The predicted molar refractivity (Wildman–Crippen MR) is 114 cm³/mol. The summed E-state index contributed by atoms with van der Waals surface area (Å²) in [4.78, 5) is 10.8. The number of rotatable bonds is 9. The Morgan fingerprint density at radius 2 is 1.67 bits per heavy atom. The summed E-state index contributed by atoms with van der Waals surface area (Å²) in [5.74, 6) is 0.796. The molecule has 0 saturated carbocycles. The molecule has 0 aliphatic heterocycles. The summed E-state index contributed by atoms with van der Waals surface area (Å²) in [5, 5.41) is 7.20. The molecular weight excluding hydrogens is 358 g/mol. The van der Waals surface area contributed by atoms with Gasteiger partial charge in [0.25, 0.3) is 0 Å². The van der Waals surface area contributed by atoms with Crippen LogP contribution in [0.1, 0.15) is 30.5 Å². The normalized spacial score (nSPS) is 11.7. The number of pyridine rings is 1. The van der Waals surface area contributed by atoms with Crippen LogP contribution in [-0.2, 0) is 19.5 Å². The van der Waals surface area contributed by atoms with E-state index in [1.165, 1.54) is 11.1 Å². The van der Waals surface area contributed by atoms with Gasteiger partial charge in [-0.25, -0.2) is 4.98 Å². The van der Waals surface area contributed by atoms with Gasteiger partial charge in [0.15, 0.2) is 5.96 Å². The summed E-state index contributed by atoms with van der Waals surface area (Å²) in [5.41, 5.74) is 3.73. The molecule has 0 aliphatic carbocycles. The minimum absolute atomic E-state index is 0.521. The first-order valence-electron chi connectivity index (χ1n) is 9.49. The van der Waals surface area contributed by atoms with Gasteiger partial charge in [-0.1, -0.05) is 55.8 Å². The highest BCUT2D eigenvalue weighted by Gasteiger charge is 2.02. The van der Waals surface area contributed by atoms with E-state index in [1.807, 2.05) is 12.1 Å². The number of benzene rings is 1. The first kappa shape index (κ1) is 21.2. The van der Waals surface area contributed by atoms with Crippen LogP contribution in [0, 0.1) is 0 Å². The highest BCUT2D eigenvalue weighted by molar-refractivity contribution is 6.29. The van der Waals surface area contributed by atoms with Crippen molar-refractivity contribution >= 4 is 17.6 Å². The van der Waals surface area contributed by atoms with E-state index in [-0.39, 0.29) is 0 Å². The average molecular weight is 388 g/mol. The molecule has 0 aliphatic rings. The third-order valence-electron chi connectivity index (χ3n) is 4.50. The summed E-state index contributed by atoms with van der Waals surface area (Å²) < 4.78 is 0. The summed E-state index contributed by atoms with van der Waals surface area (Å²) >= 11 is 5.81. The van der Waals surface area contributed by atoms with Crippen LogP contribution in [0.4, 0.5) is 0 Å². The Hall–Kier alpha value is -2.11. The molecule has 146 valence electrons. The Bertz CT molecular complexity index is 694. The topological polar surface area (TPSA) is 52.5 Å². The molecule has 5 nitrogen and oxygen atoms in total. The third kappa shape index (κ3) is 7.57. The number of halogens is 1. The van der Waals surface area contributed by atoms with Gasteiger partial charge < -0.3 is 10.6 Å². The maximum absolute atomic E-state index is 5.81. The summed E-state index contributed by atoms with van der Waals surface area (Å²) in [7, 11) is 1.78. The smallest absolute Gasteiger partial charge is 0.191 e. The quantitative estimate of drug-likeness (QED) is 0.393. The largest absolute Gasteiger partial charge is 0.356 e. The van der Waals surface area contributed by atoms with Crippen LogP contribution in [0.2, 0.25) is 5.15 Å². The van der Waals surface area contributed by atoms with E-state index in [9.17, 15) is 0 Å². The van der Waals surface area contributed by atoms with Crippen LogP contribution in [0.15, 0.2) is 47.6 Å². The molecule has 2 aromatic rings.